The normalized spacial score (nSPS) is 13.5. The fourth-order valence-electron chi connectivity index (χ4n) is 3.39. The van der Waals surface area contributed by atoms with Gasteiger partial charge in [0.2, 0.25) is 0 Å². The lowest BCUT2D eigenvalue weighted by Crippen LogP contribution is -2.51. The number of benzene rings is 2. The number of carbonyl (C=O) groups excluding carboxylic acids is 3. The summed E-state index contributed by atoms with van der Waals surface area (Å²) in [5.41, 5.74) is 1.36. The average Bonchev–Trinajstić information content (AvgIpc) is 3.36. The Morgan fingerprint density at radius 1 is 0.812 bits per heavy atom. The van der Waals surface area contributed by atoms with E-state index in [-0.39, 0.29) is 23.7 Å². The van der Waals surface area contributed by atoms with Crippen LogP contribution in [0, 0.1) is 5.82 Å². The first-order valence-electron chi connectivity index (χ1n) is 10.1. The van der Waals surface area contributed by atoms with Crippen molar-refractivity contribution in [1.82, 2.24) is 9.80 Å². The molecule has 2 aromatic carbocycles. The van der Waals surface area contributed by atoms with Gasteiger partial charge in [0.05, 0.1) is 16.1 Å². The van der Waals surface area contributed by atoms with Gasteiger partial charge >= 0.3 is 6.03 Å². The van der Waals surface area contributed by atoms with E-state index < -0.39 is 0 Å². The Hall–Kier alpha value is -3.72. The summed E-state index contributed by atoms with van der Waals surface area (Å²) in [7, 11) is 0. The molecule has 4 rings (SSSR count). The number of anilines is 2. The smallest absolute Gasteiger partial charge is 0.321 e. The van der Waals surface area contributed by atoms with Crippen LogP contribution in [0.15, 0.2) is 66.0 Å². The van der Waals surface area contributed by atoms with Gasteiger partial charge in [0.25, 0.3) is 11.8 Å². The van der Waals surface area contributed by atoms with Crippen LogP contribution in [0.4, 0.5) is 20.6 Å². The number of hydrogen-bond donors (Lipinski definition) is 2. The predicted octanol–water partition coefficient (Wildman–Crippen LogP) is 4.13. The number of carbonyl (C=O) groups is 3. The molecule has 3 aromatic rings. The molecule has 2 N–H and O–H groups in total. The third kappa shape index (κ3) is 4.94. The molecule has 1 saturated heterocycles. The second kappa shape index (κ2) is 9.61. The van der Waals surface area contributed by atoms with Crippen molar-refractivity contribution in [3.63, 3.8) is 0 Å². The number of para-hydroxylation sites is 1. The van der Waals surface area contributed by atoms with Crippen molar-refractivity contribution in [1.29, 1.82) is 0 Å². The van der Waals surface area contributed by atoms with E-state index >= 15 is 0 Å². The number of halogens is 1. The maximum atomic E-state index is 13.1. The topological polar surface area (TPSA) is 81.8 Å². The molecule has 0 bridgehead atoms. The van der Waals surface area contributed by atoms with Crippen molar-refractivity contribution in [3.05, 3.63) is 82.3 Å². The van der Waals surface area contributed by atoms with Crippen molar-refractivity contribution < 1.29 is 18.8 Å². The minimum absolute atomic E-state index is 0.203. The summed E-state index contributed by atoms with van der Waals surface area (Å²) < 4.78 is 13.0. The Labute approximate surface area is 188 Å². The van der Waals surface area contributed by atoms with Crippen LogP contribution < -0.4 is 10.6 Å². The lowest BCUT2D eigenvalue weighted by Gasteiger charge is -2.35. The average molecular weight is 453 g/mol. The summed E-state index contributed by atoms with van der Waals surface area (Å²) in [6.45, 7) is 1.46. The van der Waals surface area contributed by atoms with Crippen molar-refractivity contribution >= 4 is 40.6 Å². The number of urea groups is 1. The summed E-state index contributed by atoms with van der Waals surface area (Å²) >= 11 is 1.33. The molecule has 164 valence electrons. The number of amides is 4. The fraction of sp³-hybridized carbons (Fsp3) is 0.174. The Bertz CT molecular complexity index is 1110. The molecule has 7 nitrogen and oxygen atoms in total. The standard InChI is InChI=1S/C23H21FN4O3S/c24-16-7-9-17(10-8-16)25-23(31)28-13-11-27(12-14-28)22(30)18-4-1-2-5-19(18)26-21(29)20-6-3-15-32-20/h1-10,15H,11-14H2,(H,25,31)(H,26,29). The lowest BCUT2D eigenvalue weighted by molar-refractivity contribution is 0.0672. The van der Waals surface area contributed by atoms with Crippen LogP contribution in [-0.2, 0) is 0 Å². The van der Waals surface area contributed by atoms with Crippen LogP contribution in [0.2, 0.25) is 0 Å². The van der Waals surface area contributed by atoms with E-state index in [4.69, 9.17) is 0 Å². The van der Waals surface area contributed by atoms with Gasteiger partial charge in [-0.25, -0.2) is 9.18 Å². The van der Waals surface area contributed by atoms with Crippen LogP contribution in [0.3, 0.4) is 0 Å². The highest BCUT2D eigenvalue weighted by atomic mass is 32.1. The Kier molecular flexibility index (Phi) is 6.46. The molecule has 1 aromatic heterocycles. The highest BCUT2D eigenvalue weighted by molar-refractivity contribution is 7.12. The minimum Gasteiger partial charge on any atom is -0.335 e. The van der Waals surface area contributed by atoms with Gasteiger partial charge in [-0.15, -0.1) is 11.3 Å². The Morgan fingerprint density at radius 2 is 1.50 bits per heavy atom. The number of nitrogens with zero attached hydrogens (tertiary/aromatic N) is 2. The largest absolute Gasteiger partial charge is 0.335 e. The number of piperazine rings is 1. The molecule has 0 saturated carbocycles. The maximum Gasteiger partial charge on any atom is 0.321 e. The van der Waals surface area contributed by atoms with E-state index in [1.54, 1.807) is 46.2 Å². The second-order valence-electron chi connectivity index (χ2n) is 7.19. The molecule has 32 heavy (non-hydrogen) atoms. The van der Waals surface area contributed by atoms with Gasteiger partial charge < -0.3 is 20.4 Å². The molecular weight excluding hydrogens is 431 g/mol. The molecule has 0 unspecified atom stereocenters. The first kappa shape index (κ1) is 21.5. The van der Waals surface area contributed by atoms with E-state index in [0.29, 0.717) is 48.0 Å². The number of nitrogens with one attached hydrogen (secondary N) is 2. The predicted molar refractivity (Wildman–Crippen MR) is 122 cm³/mol. The van der Waals surface area contributed by atoms with Gasteiger partial charge in [0.15, 0.2) is 0 Å². The van der Waals surface area contributed by atoms with Crippen LogP contribution in [0.1, 0.15) is 20.0 Å². The van der Waals surface area contributed by atoms with Crippen LogP contribution in [-0.4, -0.2) is 53.8 Å². The third-order valence-electron chi connectivity index (χ3n) is 5.10. The first-order chi connectivity index (χ1) is 15.5. The summed E-state index contributed by atoms with van der Waals surface area (Å²) in [5, 5.41) is 7.36. The fourth-order valence-corrected chi connectivity index (χ4v) is 4.01. The summed E-state index contributed by atoms with van der Waals surface area (Å²) in [5.74, 6) is -0.838. The van der Waals surface area contributed by atoms with Gasteiger partial charge in [-0.1, -0.05) is 18.2 Å². The zero-order valence-electron chi connectivity index (χ0n) is 17.1. The molecule has 1 fully saturated rings. The molecule has 0 spiro atoms. The molecule has 9 heteroatoms. The monoisotopic (exact) mass is 452 g/mol. The Morgan fingerprint density at radius 3 is 2.19 bits per heavy atom. The Balaban J connectivity index is 1.37. The summed E-state index contributed by atoms with van der Waals surface area (Å²) in [4.78, 5) is 41.8. The van der Waals surface area contributed by atoms with Crippen molar-refractivity contribution in [2.45, 2.75) is 0 Å². The van der Waals surface area contributed by atoms with E-state index in [1.165, 1.54) is 35.6 Å². The third-order valence-corrected chi connectivity index (χ3v) is 5.97. The van der Waals surface area contributed by atoms with E-state index in [9.17, 15) is 18.8 Å². The van der Waals surface area contributed by atoms with Gasteiger partial charge in [-0.05, 0) is 47.8 Å². The zero-order valence-corrected chi connectivity index (χ0v) is 17.9. The van der Waals surface area contributed by atoms with Gasteiger partial charge in [0, 0.05) is 31.9 Å². The highest BCUT2D eigenvalue weighted by Crippen LogP contribution is 2.21. The summed E-state index contributed by atoms with van der Waals surface area (Å²) in [6, 6.07) is 15.7. The molecular formula is C23H21FN4O3S. The SMILES string of the molecule is O=C(Nc1ccccc1C(=O)N1CCN(C(=O)Nc2ccc(F)cc2)CC1)c1cccs1. The molecule has 1 aliphatic heterocycles. The highest BCUT2D eigenvalue weighted by Gasteiger charge is 2.26. The van der Waals surface area contributed by atoms with Crippen LogP contribution in [0.25, 0.3) is 0 Å². The first-order valence-corrected chi connectivity index (χ1v) is 10.9. The van der Waals surface area contributed by atoms with Crippen molar-refractivity contribution in [2.75, 3.05) is 36.8 Å². The molecule has 0 atom stereocenters. The number of hydrogen-bond acceptors (Lipinski definition) is 4. The lowest BCUT2D eigenvalue weighted by atomic mass is 10.1. The molecule has 4 amide bonds. The van der Waals surface area contributed by atoms with Gasteiger partial charge in [-0.2, -0.15) is 0 Å². The molecule has 1 aliphatic rings. The van der Waals surface area contributed by atoms with E-state index in [1.807, 2.05) is 5.38 Å². The summed E-state index contributed by atoms with van der Waals surface area (Å²) in [6.07, 6.45) is 0. The van der Waals surface area contributed by atoms with Crippen molar-refractivity contribution in [2.24, 2.45) is 0 Å². The van der Waals surface area contributed by atoms with E-state index in [0.717, 1.165) is 0 Å². The quantitative estimate of drug-likeness (QED) is 0.625. The second-order valence-corrected chi connectivity index (χ2v) is 8.14. The molecule has 0 radical (unpaired) electrons. The molecule has 2 heterocycles. The zero-order chi connectivity index (χ0) is 22.5. The maximum absolute atomic E-state index is 13.1. The minimum atomic E-state index is -0.373. The van der Waals surface area contributed by atoms with Crippen LogP contribution in [0.5, 0.6) is 0 Å². The van der Waals surface area contributed by atoms with Crippen molar-refractivity contribution in [3.8, 4) is 0 Å². The molecule has 0 aliphatic carbocycles. The van der Waals surface area contributed by atoms with Crippen LogP contribution >= 0.6 is 11.3 Å². The van der Waals surface area contributed by atoms with E-state index in [2.05, 4.69) is 10.6 Å². The number of thiophene rings is 1. The van der Waals surface area contributed by atoms with Gasteiger partial charge in [0.1, 0.15) is 5.82 Å². The van der Waals surface area contributed by atoms with Gasteiger partial charge in [-0.3, -0.25) is 9.59 Å². The number of rotatable bonds is 4.